The molecule has 0 aliphatic carbocycles. The average Bonchev–Trinajstić information content (AvgIpc) is 3.04. The van der Waals surface area contributed by atoms with Crippen molar-refractivity contribution in [3.63, 3.8) is 0 Å². The van der Waals surface area contributed by atoms with Gasteiger partial charge in [-0.25, -0.2) is 4.98 Å². The van der Waals surface area contributed by atoms with E-state index in [1.54, 1.807) is 18.4 Å². The second kappa shape index (κ2) is 6.57. The van der Waals surface area contributed by atoms with E-state index in [1.165, 1.54) is 0 Å². The average molecular weight is 351 g/mol. The lowest BCUT2D eigenvalue weighted by Crippen LogP contribution is -2.22. The van der Waals surface area contributed by atoms with E-state index in [0.29, 0.717) is 12.2 Å². The first kappa shape index (κ1) is 15.7. The molecule has 0 spiro atoms. The van der Waals surface area contributed by atoms with Crippen LogP contribution in [0, 0.1) is 0 Å². The van der Waals surface area contributed by atoms with Crippen LogP contribution in [0.15, 0.2) is 54.6 Å². The molecule has 0 saturated heterocycles. The highest BCUT2D eigenvalue weighted by atomic mass is 32.1. The lowest BCUT2D eigenvalue weighted by molar-refractivity contribution is -0.116. The first-order valence-electron chi connectivity index (χ1n) is 7.99. The maximum absolute atomic E-state index is 12.1. The number of rotatable bonds is 4. The molecule has 4 rings (SSSR count). The molecule has 0 radical (unpaired) electrons. The number of fused-ring (bicyclic) bond motifs is 1. The Bertz CT molecular complexity index is 891. The molecular formula is C19H17N3O2S. The third-order valence-corrected chi connectivity index (χ3v) is 5.24. The standard InChI is InChI=1S/C19H17N3O2S/c1-24-14-9-7-12(8-10-14)15-11-16(23)21-18-17(15)25-19(22-18)20-13-5-3-2-4-6-13/h2-10,15H,11H2,1H3,(H,20,22)(H,21,23)/t15-/m1/s1. The molecule has 0 unspecified atom stereocenters. The molecule has 2 aromatic carbocycles. The highest BCUT2D eigenvalue weighted by Crippen LogP contribution is 2.43. The van der Waals surface area contributed by atoms with Crippen LogP contribution in [0.1, 0.15) is 22.8 Å². The van der Waals surface area contributed by atoms with Crippen LogP contribution in [-0.4, -0.2) is 18.0 Å². The van der Waals surface area contributed by atoms with Crippen molar-refractivity contribution in [2.45, 2.75) is 12.3 Å². The van der Waals surface area contributed by atoms with E-state index in [1.807, 2.05) is 54.6 Å². The number of aromatic nitrogens is 1. The van der Waals surface area contributed by atoms with Crippen LogP contribution < -0.4 is 15.4 Å². The zero-order chi connectivity index (χ0) is 17.2. The number of anilines is 3. The van der Waals surface area contributed by atoms with Crippen LogP contribution in [0.4, 0.5) is 16.6 Å². The zero-order valence-corrected chi connectivity index (χ0v) is 14.5. The number of methoxy groups -OCH3 is 1. The minimum Gasteiger partial charge on any atom is -0.497 e. The number of amides is 1. The molecule has 2 heterocycles. The van der Waals surface area contributed by atoms with Crippen molar-refractivity contribution in [2.24, 2.45) is 0 Å². The van der Waals surface area contributed by atoms with Gasteiger partial charge < -0.3 is 15.4 Å². The minimum absolute atomic E-state index is 0.00937. The van der Waals surface area contributed by atoms with E-state index in [2.05, 4.69) is 15.6 Å². The lowest BCUT2D eigenvalue weighted by atomic mass is 9.91. The van der Waals surface area contributed by atoms with E-state index in [9.17, 15) is 4.79 Å². The molecule has 1 aliphatic heterocycles. The summed E-state index contributed by atoms with van der Waals surface area (Å²) < 4.78 is 5.22. The van der Waals surface area contributed by atoms with Gasteiger partial charge in [0.2, 0.25) is 5.91 Å². The number of para-hydroxylation sites is 1. The predicted molar refractivity (Wildman–Crippen MR) is 99.9 cm³/mol. The van der Waals surface area contributed by atoms with Crippen LogP contribution in [0.3, 0.4) is 0 Å². The largest absolute Gasteiger partial charge is 0.497 e. The van der Waals surface area contributed by atoms with Gasteiger partial charge >= 0.3 is 0 Å². The second-order valence-corrected chi connectivity index (χ2v) is 6.83. The summed E-state index contributed by atoms with van der Waals surface area (Å²) >= 11 is 1.58. The lowest BCUT2D eigenvalue weighted by Gasteiger charge is -2.21. The Kier molecular flexibility index (Phi) is 4.11. The normalized spacial score (nSPS) is 16.0. The van der Waals surface area contributed by atoms with E-state index in [0.717, 1.165) is 27.0 Å². The smallest absolute Gasteiger partial charge is 0.226 e. The Labute approximate surface area is 149 Å². The van der Waals surface area contributed by atoms with Crippen molar-refractivity contribution in [3.8, 4) is 5.75 Å². The van der Waals surface area contributed by atoms with Gasteiger partial charge in [-0.3, -0.25) is 4.79 Å². The fourth-order valence-electron chi connectivity index (χ4n) is 2.92. The number of hydrogen-bond donors (Lipinski definition) is 2. The van der Waals surface area contributed by atoms with Crippen LogP contribution in [0.25, 0.3) is 0 Å². The highest BCUT2D eigenvalue weighted by Gasteiger charge is 2.30. The zero-order valence-electron chi connectivity index (χ0n) is 13.7. The van der Waals surface area contributed by atoms with Gasteiger partial charge in [0.15, 0.2) is 5.13 Å². The number of carbonyl (C=O) groups excluding carboxylic acids is 1. The maximum atomic E-state index is 12.1. The summed E-state index contributed by atoms with van der Waals surface area (Å²) in [5.74, 6) is 1.46. The molecule has 0 saturated carbocycles. The Morgan fingerprint density at radius 3 is 2.64 bits per heavy atom. The Hall–Kier alpha value is -2.86. The summed E-state index contributed by atoms with van der Waals surface area (Å²) in [6.07, 6.45) is 0.423. The van der Waals surface area contributed by atoms with Gasteiger partial charge in [0.05, 0.1) is 12.0 Å². The highest BCUT2D eigenvalue weighted by molar-refractivity contribution is 7.16. The Morgan fingerprint density at radius 2 is 1.92 bits per heavy atom. The van der Waals surface area contributed by atoms with E-state index in [4.69, 9.17) is 4.74 Å². The van der Waals surface area contributed by atoms with Crippen molar-refractivity contribution in [2.75, 3.05) is 17.7 Å². The first-order valence-corrected chi connectivity index (χ1v) is 8.81. The third-order valence-electron chi connectivity index (χ3n) is 4.16. The number of nitrogens with one attached hydrogen (secondary N) is 2. The Balaban J connectivity index is 1.66. The molecule has 3 aromatic rings. The van der Waals surface area contributed by atoms with Crippen LogP contribution in [-0.2, 0) is 4.79 Å². The molecule has 25 heavy (non-hydrogen) atoms. The number of carbonyl (C=O) groups is 1. The quantitative estimate of drug-likeness (QED) is 0.733. The number of hydrogen-bond acceptors (Lipinski definition) is 5. The van der Waals surface area contributed by atoms with E-state index < -0.39 is 0 Å². The van der Waals surface area contributed by atoms with Crippen LogP contribution >= 0.6 is 11.3 Å². The molecule has 6 heteroatoms. The number of benzene rings is 2. The van der Waals surface area contributed by atoms with Crippen molar-refractivity contribution < 1.29 is 9.53 Å². The van der Waals surface area contributed by atoms with Gasteiger partial charge in [-0.1, -0.05) is 41.7 Å². The van der Waals surface area contributed by atoms with Gasteiger partial charge in [-0.2, -0.15) is 0 Å². The SMILES string of the molecule is COc1ccc([C@H]2CC(=O)Nc3nc(Nc4ccccc4)sc32)cc1. The van der Waals surface area contributed by atoms with Crippen molar-refractivity contribution >= 4 is 33.9 Å². The molecule has 1 aliphatic rings. The van der Waals surface area contributed by atoms with Gasteiger partial charge in [0.1, 0.15) is 11.6 Å². The molecule has 0 fully saturated rings. The molecule has 0 bridgehead atoms. The van der Waals surface area contributed by atoms with Gasteiger partial charge in [-0.05, 0) is 29.8 Å². The molecule has 1 atom stereocenters. The molecule has 126 valence electrons. The summed E-state index contributed by atoms with van der Waals surface area (Å²) in [4.78, 5) is 17.7. The molecule has 2 N–H and O–H groups in total. The minimum atomic E-state index is -0.00937. The summed E-state index contributed by atoms with van der Waals surface area (Å²) in [5, 5.41) is 6.96. The van der Waals surface area contributed by atoms with E-state index >= 15 is 0 Å². The maximum Gasteiger partial charge on any atom is 0.226 e. The fourth-order valence-corrected chi connectivity index (χ4v) is 3.99. The summed E-state index contributed by atoms with van der Waals surface area (Å²) in [6, 6.07) is 17.7. The van der Waals surface area contributed by atoms with Crippen molar-refractivity contribution in [1.82, 2.24) is 4.98 Å². The predicted octanol–water partition coefficient (Wildman–Crippen LogP) is 4.37. The summed E-state index contributed by atoms with van der Waals surface area (Å²) in [5.41, 5.74) is 2.06. The monoisotopic (exact) mass is 351 g/mol. The van der Waals surface area contributed by atoms with Crippen molar-refractivity contribution in [1.29, 1.82) is 0 Å². The number of ether oxygens (including phenoxy) is 1. The van der Waals surface area contributed by atoms with Crippen LogP contribution in [0.5, 0.6) is 5.75 Å². The van der Waals surface area contributed by atoms with Crippen LogP contribution in [0.2, 0.25) is 0 Å². The van der Waals surface area contributed by atoms with E-state index in [-0.39, 0.29) is 11.8 Å². The van der Waals surface area contributed by atoms with Gasteiger partial charge in [0, 0.05) is 18.0 Å². The fraction of sp³-hybridized carbons (Fsp3) is 0.158. The van der Waals surface area contributed by atoms with Gasteiger partial charge in [-0.15, -0.1) is 0 Å². The number of thiazole rings is 1. The van der Waals surface area contributed by atoms with Crippen molar-refractivity contribution in [3.05, 3.63) is 65.0 Å². The number of nitrogens with zero attached hydrogens (tertiary/aromatic N) is 1. The molecule has 5 nitrogen and oxygen atoms in total. The Morgan fingerprint density at radius 1 is 1.16 bits per heavy atom. The summed E-state index contributed by atoms with van der Waals surface area (Å²) in [6.45, 7) is 0. The third kappa shape index (κ3) is 3.21. The topological polar surface area (TPSA) is 63.2 Å². The molecule has 1 amide bonds. The van der Waals surface area contributed by atoms with Gasteiger partial charge in [0.25, 0.3) is 0 Å². The first-order chi connectivity index (χ1) is 12.2. The second-order valence-electron chi connectivity index (χ2n) is 5.80. The molecular weight excluding hydrogens is 334 g/mol. The molecule has 1 aromatic heterocycles. The summed E-state index contributed by atoms with van der Waals surface area (Å²) in [7, 11) is 1.64.